The first kappa shape index (κ1) is 19.0. The summed E-state index contributed by atoms with van der Waals surface area (Å²) in [6.45, 7) is 5.88. The molecule has 2 aliphatic rings. The van der Waals surface area contributed by atoms with Crippen molar-refractivity contribution in [3.63, 3.8) is 0 Å². The molecule has 0 amide bonds. The highest BCUT2D eigenvalue weighted by atomic mass is 16.5. The zero-order valence-corrected chi connectivity index (χ0v) is 16.0. The second-order valence-corrected chi connectivity index (χ2v) is 7.60. The summed E-state index contributed by atoms with van der Waals surface area (Å²) < 4.78 is 4.90. The first-order chi connectivity index (χ1) is 12.7. The Balaban J connectivity index is 1.43. The monoisotopic (exact) mass is 356 g/mol. The van der Waals surface area contributed by atoms with E-state index in [-0.39, 0.29) is 5.97 Å². The van der Waals surface area contributed by atoms with Crippen molar-refractivity contribution < 1.29 is 9.53 Å². The molecule has 1 N–H and O–H groups in total. The first-order valence-corrected chi connectivity index (χ1v) is 10.2. The molecule has 0 unspecified atom stereocenters. The van der Waals surface area contributed by atoms with Gasteiger partial charge in [-0.3, -0.25) is 0 Å². The predicted octanol–water partition coefficient (Wildman–Crippen LogP) is 4.33. The molecule has 1 saturated carbocycles. The van der Waals surface area contributed by atoms with Crippen LogP contribution in [-0.4, -0.2) is 43.2 Å². The maximum atomic E-state index is 11.4. The Kier molecular flexibility index (Phi) is 7.13. The molecule has 1 atom stereocenters. The topological polar surface area (TPSA) is 41.6 Å². The summed E-state index contributed by atoms with van der Waals surface area (Å²) >= 11 is 0. The average molecular weight is 357 g/mol. The van der Waals surface area contributed by atoms with Crippen molar-refractivity contribution in [3.8, 4) is 0 Å². The van der Waals surface area contributed by atoms with Crippen LogP contribution < -0.4 is 5.32 Å². The molecular weight excluding hydrogens is 324 g/mol. The molecule has 26 heavy (non-hydrogen) atoms. The smallest absolute Gasteiger partial charge is 0.330 e. The Hall–Kier alpha value is -1.81. The average Bonchev–Trinajstić information content (AvgIpc) is 3.09. The van der Waals surface area contributed by atoms with Crippen molar-refractivity contribution >= 4 is 17.7 Å². The lowest BCUT2D eigenvalue weighted by atomic mass is 9.89. The van der Waals surface area contributed by atoms with E-state index < -0.39 is 0 Å². The number of likely N-dealkylation sites (tertiary alicyclic amines) is 1. The van der Waals surface area contributed by atoms with Gasteiger partial charge in [0.05, 0.1) is 6.61 Å². The van der Waals surface area contributed by atoms with Crippen LogP contribution in [0.2, 0.25) is 0 Å². The van der Waals surface area contributed by atoms with Gasteiger partial charge in [0.15, 0.2) is 0 Å². The van der Waals surface area contributed by atoms with E-state index in [0.29, 0.717) is 12.6 Å². The molecule has 1 aromatic carbocycles. The van der Waals surface area contributed by atoms with Crippen LogP contribution in [0.5, 0.6) is 0 Å². The second kappa shape index (κ2) is 9.77. The summed E-state index contributed by atoms with van der Waals surface area (Å²) in [5.41, 5.74) is 2.16. The number of anilines is 1. The SMILES string of the molecule is CCOC(=O)C=Cc1ccc(N[C@@H]2CCN(CC3CCCCC3)C2)cc1. The van der Waals surface area contributed by atoms with Gasteiger partial charge < -0.3 is 15.0 Å². The van der Waals surface area contributed by atoms with Gasteiger partial charge in [0.25, 0.3) is 0 Å². The Morgan fingerprint density at radius 3 is 2.69 bits per heavy atom. The van der Waals surface area contributed by atoms with Gasteiger partial charge in [0.2, 0.25) is 0 Å². The number of ether oxygens (including phenoxy) is 1. The van der Waals surface area contributed by atoms with Crippen molar-refractivity contribution in [2.24, 2.45) is 5.92 Å². The van der Waals surface area contributed by atoms with Gasteiger partial charge in [-0.05, 0) is 55.9 Å². The molecule has 1 saturated heterocycles. The molecule has 4 heteroatoms. The highest BCUT2D eigenvalue weighted by Crippen LogP contribution is 2.26. The van der Waals surface area contributed by atoms with E-state index in [9.17, 15) is 4.79 Å². The predicted molar refractivity (Wildman–Crippen MR) is 107 cm³/mol. The fraction of sp³-hybridized carbons (Fsp3) is 0.591. The minimum atomic E-state index is -0.293. The van der Waals surface area contributed by atoms with Gasteiger partial charge in [-0.2, -0.15) is 0 Å². The minimum Gasteiger partial charge on any atom is -0.463 e. The number of nitrogens with one attached hydrogen (secondary N) is 1. The van der Waals surface area contributed by atoms with E-state index in [2.05, 4.69) is 22.3 Å². The van der Waals surface area contributed by atoms with Gasteiger partial charge in [-0.1, -0.05) is 31.4 Å². The molecule has 1 aliphatic heterocycles. The molecule has 142 valence electrons. The van der Waals surface area contributed by atoms with Crippen molar-refractivity contribution in [3.05, 3.63) is 35.9 Å². The summed E-state index contributed by atoms with van der Waals surface area (Å²) in [5.74, 6) is 0.631. The molecule has 1 aliphatic carbocycles. The highest BCUT2D eigenvalue weighted by molar-refractivity contribution is 5.87. The fourth-order valence-corrected chi connectivity index (χ4v) is 4.13. The zero-order valence-electron chi connectivity index (χ0n) is 16.0. The number of hydrogen-bond acceptors (Lipinski definition) is 4. The minimum absolute atomic E-state index is 0.293. The number of nitrogens with zero attached hydrogens (tertiary/aromatic N) is 1. The Labute approximate surface area is 157 Å². The van der Waals surface area contributed by atoms with Crippen LogP contribution in [0.3, 0.4) is 0 Å². The molecule has 1 heterocycles. The van der Waals surface area contributed by atoms with E-state index in [1.54, 1.807) is 6.08 Å². The van der Waals surface area contributed by atoms with Crippen LogP contribution in [-0.2, 0) is 9.53 Å². The van der Waals surface area contributed by atoms with Gasteiger partial charge in [-0.25, -0.2) is 4.79 Å². The Bertz CT molecular complexity index is 591. The summed E-state index contributed by atoms with van der Waals surface area (Å²) in [6, 6.07) is 8.79. The van der Waals surface area contributed by atoms with E-state index in [1.807, 2.05) is 19.1 Å². The van der Waals surface area contributed by atoms with Crippen LogP contribution in [0, 0.1) is 5.92 Å². The van der Waals surface area contributed by atoms with Gasteiger partial charge >= 0.3 is 5.97 Å². The third-order valence-electron chi connectivity index (χ3n) is 5.49. The Morgan fingerprint density at radius 1 is 1.19 bits per heavy atom. The lowest BCUT2D eigenvalue weighted by Gasteiger charge is -2.26. The zero-order chi connectivity index (χ0) is 18.2. The first-order valence-electron chi connectivity index (χ1n) is 10.2. The largest absolute Gasteiger partial charge is 0.463 e. The maximum absolute atomic E-state index is 11.4. The van der Waals surface area contributed by atoms with Crippen LogP contribution >= 0.6 is 0 Å². The lowest BCUT2D eigenvalue weighted by Crippen LogP contribution is -2.31. The van der Waals surface area contributed by atoms with Gasteiger partial charge in [0, 0.05) is 37.4 Å². The number of carbonyl (C=O) groups excluding carboxylic acids is 1. The van der Waals surface area contributed by atoms with Crippen molar-refractivity contribution in [2.75, 3.05) is 31.6 Å². The highest BCUT2D eigenvalue weighted by Gasteiger charge is 2.25. The number of hydrogen-bond donors (Lipinski definition) is 1. The molecule has 0 radical (unpaired) electrons. The third kappa shape index (κ3) is 5.87. The van der Waals surface area contributed by atoms with E-state index in [0.717, 1.165) is 23.7 Å². The normalized spacial score (nSPS) is 22.0. The maximum Gasteiger partial charge on any atom is 0.330 e. The molecule has 0 aromatic heterocycles. The van der Waals surface area contributed by atoms with Crippen molar-refractivity contribution in [2.45, 2.75) is 51.5 Å². The van der Waals surface area contributed by atoms with Crippen LogP contribution in [0.25, 0.3) is 6.08 Å². The molecule has 0 spiro atoms. The quantitative estimate of drug-likeness (QED) is 0.583. The van der Waals surface area contributed by atoms with Crippen molar-refractivity contribution in [1.82, 2.24) is 4.90 Å². The van der Waals surface area contributed by atoms with Crippen LogP contribution in [0.15, 0.2) is 30.3 Å². The summed E-state index contributed by atoms with van der Waals surface area (Å²) in [5, 5.41) is 3.66. The molecular formula is C22H32N2O2. The lowest BCUT2D eigenvalue weighted by molar-refractivity contribution is -0.137. The van der Waals surface area contributed by atoms with E-state index >= 15 is 0 Å². The second-order valence-electron chi connectivity index (χ2n) is 7.60. The van der Waals surface area contributed by atoms with Crippen LogP contribution in [0.1, 0.15) is 51.0 Å². The van der Waals surface area contributed by atoms with Crippen LogP contribution in [0.4, 0.5) is 5.69 Å². The van der Waals surface area contributed by atoms with Crippen molar-refractivity contribution in [1.29, 1.82) is 0 Å². The summed E-state index contributed by atoms with van der Waals surface area (Å²) in [6.07, 6.45) is 11.6. The number of benzene rings is 1. The molecule has 3 rings (SSSR count). The fourth-order valence-electron chi connectivity index (χ4n) is 4.13. The van der Waals surface area contributed by atoms with E-state index in [4.69, 9.17) is 4.74 Å². The molecule has 2 fully saturated rings. The number of rotatable bonds is 7. The summed E-state index contributed by atoms with van der Waals surface area (Å²) in [7, 11) is 0. The van der Waals surface area contributed by atoms with E-state index in [1.165, 1.54) is 57.7 Å². The molecule has 1 aromatic rings. The number of carbonyl (C=O) groups is 1. The standard InChI is InChI=1S/C22H32N2O2/c1-2-26-22(25)13-10-18-8-11-20(12-9-18)23-21-14-15-24(17-21)16-19-6-4-3-5-7-19/h8-13,19,21,23H,2-7,14-17H2,1H3/t21-/m1/s1. The number of esters is 1. The molecule has 4 nitrogen and oxygen atoms in total. The van der Waals surface area contributed by atoms with Gasteiger partial charge in [0.1, 0.15) is 0 Å². The van der Waals surface area contributed by atoms with Gasteiger partial charge in [-0.15, -0.1) is 0 Å². The molecule has 0 bridgehead atoms. The Morgan fingerprint density at radius 2 is 1.96 bits per heavy atom. The summed E-state index contributed by atoms with van der Waals surface area (Å²) in [4.78, 5) is 14.0. The third-order valence-corrected chi connectivity index (χ3v) is 5.49.